The zero-order chi connectivity index (χ0) is 24.4. The van der Waals surface area contributed by atoms with Gasteiger partial charge in [0.05, 0.1) is 16.7 Å². The highest BCUT2D eigenvalue weighted by Crippen LogP contribution is 2.32. The van der Waals surface area contributed by atoms with Crippen molar-refractivity contribution in [3.05, 3.63) is 53.5 Å². The molecule has 0 aliphatic carbocycles. The molecule has 8 nitrogen and oxygen atoms in total. The smallest absolute Gasteiger partial charge is 0.256 e. The minimum Gasteiger partial charge on any atom is -0.396 e. The van der Waals surface area contributed by atoms with E-state index in [9.17, 15) is 4.79 Å². The van der Waals surface area contributed by atoms with Crippen molar-refractivity contribution in [2.45, 2.75) is 58.0 Å². The van der Waals surface area contributed by atoms with Crippen molar-refractivity contribution < 1.29 is 9.90 Å². The van der Waals surface area contributed by atoms with Crippen LogP contribution in [0.15, 0.2) is 36.5 Å². The lowest BCUT2D eigenvalue weighted by atomic mass is 10.1. The molecule has 1 atom stereocenters. The van der Waals surface area contributed by atoms with Gasteiger partial charge in [-0.25, -0.2) is 4.98 Å². The van der Waals surface area contributed by atoms with E-state index in [1.807, 2.05) is 42.1 Å². The number of H-pyrrole nitrogens is 1. The van der Waals surface area contributed by atoms with Crippen LogP contribution in [0, 0.1) is 6.92 Å². The van der Waals surface area contributed by atoms with Crippen LogP contribution < -0.4 is 5.32 Å². The third-order valence-corrected chi connectivity index (χ3v) is 7.12. The summed E-state index contributed by atoms with van der Waals surface area (Å²) in [6, 6.07) is 10.2. The Bertz CT molecular complexity index is 1350. The standard InChI is InChI=1S/C27H34N6O2.ClH/c1-18-21-10-9-19(15-25(21)33(31-18)12-5-3-4-6-13-34)27(35)30-26-16-22-20(17-28-26)14-23(29-22)24-8-7-11-32(24)2;/h9-10,14-17,24,29,34H,3-8,11-13H2,1-2H3,(H,28,30,35);1H/t24-;/m1./s1. The fraction of sp³-hybridized carbons (Fsp3) is 0.444. The molecule has 3 N–H and O–H groups in total. The van der Waals surface area contributed by atoms with E-state index in [4.69, 9.17) is 5.11 Å². The van der Waals surface area contributed by atoms with Gasteiger partial charge >= 0.3 is 0 Å². The van der Waals surface area contributed by atoms with Crippen LogP contribution in [0.25, 0.3) is 21.8 Å². The first kappa shape index (κ1) is 26.1. The number of aliphatic hydroxyl groups excluding tert-OH is 1. The summed E-state index contributed by atoms with van der Waals surface area (Å²) in [5.74, 6) is 0.346. The fourth-order valence-corrected chi connectivity index (χ4v) is 5.17. The normalized spacial score (nSPS) is 16.0. The summed E-state index contributed by atoms with van der Waals surface area (Å²) in [6.07, 6.45) is 8.07. The number of nitrogens with one attached hydrogen (secondary N) is 2. The first-order valence-electron chi connectivity index (χ1n) is 12.6. The van der Waals surface area contributed by atoms with Crippen LogP contribution >= 0.6 is 12.4 Å². The molecule has 0 radical (unpaired) electrons. The number of nitrogens with zero attached hydrogens (tertiary/aromatic N) is 4. The van der Waals surface area contributed by atoms with Gasteiger partial charge in [-0.05, 0) is 64.4 Å². The number of anilines is 1. The molecule has 0 bridgehead atoms. The van der Waals surface area contributed by atoms with Crippen LogP contribution in [-0.2, 0) is 6.54 Å². The molecule has 5 rings (SSSR count). The molecule has 1 saturated heterocycles. The Hall–Kier alpha value is -2.94. The van der Waals surface area contributed by atoms with Gasteiger partial charge in [-0.15, -0.1) is 12.4 Å². The summed E-state index contributed by atoms with van der Waals surface area (Å²) in [5.41, 5.74) is 4.70. The number of hydrogen-bond acceptors (Lipinski definition) is 5. The average molecular weight is 511 g/mol. The summed E-state index contributed by atoms with van der Waals surface area (Å²) in [5, 5.41) is 18.7. The van der Waals surface area contributed by atoms with Crippen molar-refractivity contribution in [3.8, 4) is 0 Å². The predicted octanol–water partition coefficient (Wildman–Crippen LogP) is 5.21. The second-order valence-electron chi connectivity index (χ2n) is 9.65. The molecule has 0 spiro atoms. The molecule has 1 fully saturated rings. The van der Waals surface area contributed by atoms with Crippen LogP contribution in [0.1, 0.15) is 66.3 Å². The number of pyridine rings is 1. The SMILES string of the molecule is Cc1nn(CCCCCCO)c2cc(C(=O)Nc3cc4[nH]c([C@H]5CCCN5C)cc4cn3)ccc12.Cl. The van der Waals surface area contributed by atoms with E-state index in [0.717, 1.165) is 72.7 Å². The van der Waals surface area contributed by atoms with Gasteiger partial charge in [0.25, 0.3) is 5.91 Å². The number of rotatable bonds is 9. The molecule has 9 heteroatoms. The van der Waals surface area contributed by atoms with Crippen LogP contribution in [-0.4, -0.2) is 55.9 Å². The molecular formula is C27H35ClN6O2. The summed E-state index contributed by atoms with van der Waals surface area (Å²) in [6.45, 7) is 4.15. The van der Waals surface area contributed by atoms with Crippen LogP contribution in [0.3, 0.4) is 0 Å². The van der Waals surface area contributed by atoms with Crippen molar-refractivity contribution >= 4 is 45.9 Å². The number of aromatic amines is 1. The molecule has 4 aromatic rings. The Kier molecular flexibility index (Phi) is 8.28. The maximum absolute atomic E-state index is 13.1. The second kappa shape index (κ2) is 11.4. The Labute approximate surface area is 217 Å². The summed E-state index contributed by atoms with van der Waals surface area (Å²) in [4.78, 5) is 23.5. The number of carbonyl (C=O) groups is 1. The minimum absolute atomic E-state index is 0. The number of amides is 1. The summed E-state index contributed by atoms with van der Waals surface area (Å²) < 4.78 is 1.99. The maximum atomic E-state index is 13.1. The van der Waals surface area contributed by atoms with E-state index in [0.29, 0.717) is 17.4 Å². The van der Waals surface area contributed by atoms with Crippen LogP contribution in [0.5, 0.6) is 0 Å². The van der Waals surface area contributed by atoms with E-state index in [1.54, 1.807) is 0 Å². The molecule has 36 heavy (non-hydrogen) atoms. The molecule has 1 amide bonds. The zero-order valence-electron chi connectivity index (χ0n) is 21.0. The lowest BCUT2D eigenvalue weighted by molar-refractivity contribution is 0.102. The highest BCUT2D eigenvalue weighted by molar-refractivity contribution is 6.06. The van der Waals surface area contributed by atoms with Gasteiger partial charge in [0.2, 0.25) is 0 Å². The van der Waals surface area contributed by atoms with E-state index in [1.165, 1.54) is 12.1 Å². The predicted molar refractivity (Wildman–Crippen MR) is 146 cm³/mol. The third-order valence-electron chi connectivity index (χ3n) is 7.12. The molecule has 0 saturated carbocycles. The van der Waals surface area contributed by atoms with E-state index in [-0.39, 0.29) is 24.9 Å². The van der Waals surface area contributed by atoms with Crippen molar-refractivity contribution in [1.29, 1.82) is 0 Å². The lowest BCUT2D eigenvalue weighted by Gasteiger charge is -2.17. The summed E-state index contributed by atoms with van der Waals surface area (Å²) >= 11 is 0. The average Bonchev–Trinajstić information content (AvgIpc) is 3.55. The lowest BCUT2D eigenvalue weighted by Crippen LogP contribution is -2.17. The van der Waals surface area contributed by atoms with Crippen molar-refractivity contribution in [3.63, 3.8) is 0 Å². The Morgan fingerprint density at radius 3 is 2.81 bits per heavy atom. The number of carbonyl (C=O) groups excluding carboxylic acids is 1. The molecular weight excluding hydrogens is 476 g/mol. The maximum Gasteiger partial charge on any atom is 0.256 e. The van der Waals surface area contributed by atoms with Crippen LogP contribution in [0.4, 0.5) is 5.82 Å². The van der Waals surface area contributed by atoms with Gasteiger partial charge in [0, 0.05) is 53.5 Å². The van der Waals surface area contributed by atoms with E-state index in [2.05, 4.69) is 38.4 Å². The molecule has 1 aliphatic rings. The number of fused-ring (bicyclic) bond motifs is 2. The number of likely N-dealkylation sites (tertiary alicyclic amines) is 1. The topological polar surface area (TPSA) is 99.1 Å². The molecule has 4 heterocycles. The minimum atomic E-state index is -0.186. The Morgan fingerprint density at radius 1 is 1.19 bits per heavy atom. The Balaban J connectivity index is 0.00000304. The molecule has 1 aliphatic heterocycles. The van der Waals surface area contributed by atoms with E-state index < -0.39 is 0 Å². The van der Waals surface area contributed by atoms with Crippen molar-refractivity contribution in [2.75, 3.05) is 25.5 Å². The van der Waals surface area contributed by atoms with Crippen molar-refractivity contribution in [1.82, 2.24) is 24.6 Å². The van der Waals surface area contributed by atoms with Gasteiger partial charge in [0.15, 0.2) is 0 Å². The van der Waals surface area contributed by atoms with Crippen molar-refractivity contribution in [2.24, 2.45) is 0 Å². The van der Waals surface area contributed by atoms with Gasteiger partial charge in [-0.2, -0.15) is 5.10 Å². The number of hydrogen-bond donors (Lipinski definition) is 3. The van der Waals surface area contributed by atoms with Crippen LogP contribution in [0.2, 0.25) is 0 Å². The fourth-order valence-electron chi connectivity index (χ4n) is 5.17. The number of halogens is 1. The number of aryl methyl sites for hydroxylation is 2. The van der Waals surface area contributed by atoms with Gasteiger partial charge in [-0.1, -0.05) is 18.9 Å². The number of unbranched alkanes of at least 4 members (excludes halogenated alkanes) is 3. The second-order valence-corrected chi connectivity index (χ2v) is 9.65. The number of aliphatic hydroxyl groups is 1. The summed E-state index contributed by atoms with van der Waals surface area (Å²) in [7, 11) is 2.16. The molecule has 1 aromatic carbocycles. The van der Waals surface area contributed by atoms with Gasteiger partial charge < -0.3 is 15.4 Å². The molecule has 0 unspecified atom stereocenters. The largest absolute Gasteiger partial charge is 0.396 e. The molecule has 192 valence electrons. The zero-order valence-corrected chi connectivity index (χ0v) is 21.8. The first-order valence-corrected chi connectivity index (χ1v) is 12.6. The highest BCUT2D eigenvalue weighted by atomic mass is 35.5. The first-order chi connectivity index (χ1) is 17.0. The highest BCUT2D eigenvalue weighted by Gasteiger charge is 2.24. The quantitative estimate of drug-likeness (QED) is 0.268. The number of aromatic nitrogens is 4. The molecule has 3 aromatic heterocycles. The van der Waals surface area contributed by atoms with Gasteiger partial charge in [0.1, 0.15) is 5.82 Å². The Morgan fingerprint density at radius 2 is 2.03 bits per heavy atom. The monoisotopic (exact) mass is 510 g/mol. The van der Waals surface area contributed by atoms with Gasteiger partial charge in [-0.3, -0.25) is 14.4 Å². The van der Waals surface area contributed by atoms with E-state index >= 15 is 0 Å². The third kappa shape index (κ3) is 5.40. The number of benzene rings is 1.